The van der Waals surface area contributed by atoms with Gasteiger partial charge in [-0.05, 0) is 23.1 Å². The number of nitrogens with zero attached hydrogens (tertiary/aromatic N) is 1. The molecule has 0 spiro atoms. The van der Waals surface area contributed by atoms with Crippen LogP contribution in [0.1, 0.15) is 23.6 Å². The molecule has 1 fully saturated rings. The lowest BCUT2D eigenvalue weighted by atomic mass is 10.1. The van der Waals surface area contributed by atoms with E-state index >= 15 is 0 Å². The highest BCUT2D eigenvalue weighted by Crippen LogP contribution is 2.14. The molecule has 2 aromatic rings. The topological polar surface area (TPSA) is 58.6 Å². The number of benzene rings is 2. The van der Waals surface area contributed by atoms with E-state index in [9.17, 15) is 9.59 Å². The fourth-order valence-corrected chi connectivity index (χ4v) is 3.00. The Hall–Kier alpha value is -2.66. The van der Waals surface area contributed by atoms with E-state index in [1.807, 2.05) is 42.5 Å². The second-order valence-electron chi connectivity index (χ2n) is 6.43. The minimum Gasteiger partial charge on any atom is -0.369 e. The summed E-state index contributed by atoms with van der Waals surface area (Å²) < 4.78 is 5.31. The molecule has 0 radical (unpaired) electrons. The van der Waals surface area contributed by atoms with Crippen molar-refractivity contribution >= 4 is 11.8 Å². The van der Waals surface area contributed by atoms with E-state index in [2.05, 4.69) is 24.4 Å². The zero-order chi connectivity index (χ0) is 18.4. The van der Waals surface area contributed by atoms with Gasteiger partial charge in [-0.2, -0.15) is 0 Å². The summed E-state index contributed by atoms with van der Waals surface area (Å²) in [5.74, 6) is -0.346. The van der Waals surface area contributed by atoms with Crippen molar-refractivity contribution in [3.63, 3.8) is 0 Å². The Morgan fingerprint density at radius 3 is 2.46 bits per heavy atom. The SMILES string of the molecule is CCc1ccc(CNC(=O)[C@@H]2COCC(=O)N2Cc2ccccc2)cc1. The van der Waals surface area contributed by atoms with Gasteiger partial charge in [-0.3, -0.25) is 9.59 Å². The third-order valence-corrected chi connectivity index (χ3v) is 4.59. The van der Waals surface area contributed by atoms with E-state index < -0.39 is 6.04 Å². The van der Waals surface area contributed by atoms with Crippen molar-refractivity contribution in [2.45, 2.75) is 32.5 Å². The molecule has 0 bridgehead atoms. The first-order valence-electron chi connectivity index (χ1n) is 8.94. The molecule has 0 saturated carbocycles. The molecule has 0 unspecified atom stereocenters. The number of carbonyl (C=O) groups is 2. The van der Waals surface area contributed by atoms with Crippen molar-refractivity contribution in [3.05, 3.63) is 71.3 Å². The first-order chi connectivity index (χ1) is 12.7. The molecule has 26 heavy (non-hydrogen) atoms. The van der Waals surface area contributed by atoms with Gasteiger partial charge in [-0.1, -0.05) is 61.5 Å². The third-order valence-electron chi connectivity index (χ3n) is 4.59. The number of aryl methyl sites for hydroxylation is 1. The van der Waals surface area contributed by atoms with Crippen molar-refractivity contribution in [2.75, 3.05) is 13.2 Å². The Kier molecular flexibility index (Phi) is 6.02. The first-order valence-corrected chi connectivity index (χ1v) is 8.94. The van der Waals surface area contributed by atoms with Crippen molar-refractivity contribution in [1.29, 1.82) is 0 Å². The Balaban J connectivity index is 1.64. The van der Waals surface area contributed by atoms with E-state index in [0.29, 0.717) is 13.1 Å². The molecule has 2 amide bonds. The minimum absolute atomic E-state index is 0.0229. The van der Waals surface area contributed by atoms with Crippen LogP contribution in [0.3, 0.4) is 0 Å². The number of carbonyl (C=O) groups excluding carboxylic acids is 2. The van der Waals surface area contributed by atoms with Crippen LogP contribution in [0.2, 0.25) is 0 Å². The second kappa shape index (κ2) is 8.63. The van der Waals surface area contributed by atoms with Crippen LogP contribution in [0.25, 0.3) is 0 Å². The van der Waals surface area contributed by atoms with E-state index in [1.165, 1.54) is 5.56 Å². The number of morpholine rings is 1. The number of ether oxygens (including phenoxy) is 1. The maximum atomic E-state index is 12.7. The molecular formula is C21H24N2O3. The van der Waals surface area contributed by atoms with Crippen LogP contribution in [-0.4, -0.2) is 36.0 Å². The monoisotopic (exact) mass is 352 g/mol. The second-order valence-corrected chi connectivity index (χ2v) is 6.43. The molecular weight excluding hydrogens is 328 g/mol. The lowest BCUT2D eigenvalue weighted by Gasteiger charge is -2.34. The Morgan fingerprint density at radius 2 is 1.77 bits per heavy atom. The quantitative estimate of drug-likeness (QED) is 0.868. The molecule has 2 aromatic carbocycles. The van der Waals surface area contributed by atoms with Crippen molar-refractivity contribution < 1.29 is 14.3 Å². The zero-order valence-corrected chi connectivity index (χ0v) is 15.0. The summed E-state index contributed by atoms with van der Waals surface area (Å²) in [6.45, 7) is 3.20. The zero-order valence-electron chi connectivity index (χ0n) is 15.0. The molecule has 0 aromatic heterocycles. The first kappa shape index (κ1) is 18.1. The molecule has 5 heteroatoms. The number of nitrogens with one attached hydrogen (secondary N) is 1. The van der Waals surface area contributed by atoms with Crippen LogP contribution < -0.4 is 5.32 Å². The highest BCUT2D eigenvalue weighted by Gasteiger charge is 2.33. The van der Waals surface area contributed by atoms with Crippen LogP contribution in [-0.2, 0) is 33.8 Å². The van der Waals surface area contributed by atoms with Crippen LogP contribution in [0.15, 0.2) is 54.6 Å². The third kappa shape index (κ3) is 4.49. The fourth-order valence-electron chi connectivity index (χ4n) is 3.00. The molecule has 3 rings (SSSR count). The van der Waals surface area contributed by atoms with Crippen molar-refractivity contribution in [3.8, 4) is 0 Å². The van der Waals surface area contributed by atoms with Crippen molar-refractivity contribution in [1.82, 2.24) is 10.2 Å². The number of rotatable bonds is 6. The van der Waals surface area contributed by atoms with Gasteiger partial charge in [0.1, 0.15) is 12.6 Å². The Morgan fingerprint density at radius 1 is 1.08 bits per heavy atom. The smallest absolute Gasteiger partial charge is 0.249 e. The van der Waals surface area contributed by atoms with E-state index in [1.54, 1.807) is 4.90 Å². The standard InChI is InChI=1S/C21H24N2O3/c1-2-16-8-10-17(11-9-16)12-22-21(25)19-14-26-15-20(24)23(19)13-18-6-4-3-5-7-18/h3-11,19H,2,12-15H2,1H3,(H,22,25)/t19-/m0/s1. The number of hydrogen-bond donors (Lipinski definition) is 1. The molecule has 5 nitrogen and oxygen atoms in total. The van der Waals surface area contributed by atoms with Crippen molar-refractivity contribution in [2.24, 2.45) is 0 Å². The Labute approximate surface area is 154 Å². The molecule has 1 saturated heterocycles. The maximum Gasteiger partial charge on any atom is 0.249 e. The molecule has 0 aliphatic carbocycles. The summed E-state index contributed by atoms with van der Waals surface area (Å²) >= 11 is 0. The van der Waals surface area contributed by atoms with Gasteiger partial charge in [-0.15, -0.1) is 0 Å². The largest absolute Gasteiger partial charge is 0.369 e. The summed E-state index contributed by atoms with van der Waals surface area (Å²) in [6, 6.07) is 17.2. The van der Waals surface area contributed by atoms with Gasteiger partial charge in [-0.25, -0.2) is 0 Å². The summed E-state index contributed by atoms with van der Waals surface area (Å²) in [5.41, 5.74) is 3.30. The van der Waals surface area contributed by atoms with Gasteiger partial charge in [0.15, 0.2) is 0 Å². The summed E-state index contributed by atoms with van der Waals surface area (Å²) in [6.07, 6.45) is 0.989. The van der Waals surface area contributed by atoms with Crippen LogP contribution >= 0.6 is 0 Å². The molecule has 1 aliphatic rings. The van der Waals surface area contributed by atoms with E-state index in [4.69, 9.17) is 4.74 Å². The van der Waals surface area contributed by atoms with Gasteiger partial charge in [0, 0.05) is 13.1 Å². The predicted molar refractivity (Wildman–Crippen MR) is 99.3 cm³/mol. The van der Waals surface area contributed by atoms with Gasteiger partial charge < -0.3 is 15.0 Å². The molecule has 1 atom stereocenters. The van der Waals surface area contributed by atoms with Gasteiger partial charge in [0.05, 0.1) is 6.61 Å². The van der Waals surface area contributed by atoms with E-state index in [0.717, 1.165) is 17.5 Å². The maximum absolute atomic E-state index is 12.7. The summed E-state index contributed by atoms with van der Waals surface area (Å²) in [7, 11) is 0. The number of hydrogen-bond acceptors (Lipinski definition) is 3. The normalized spacial score (nSPS) is 17.2. The molecule has 1 heterocycles. The van der Waals surface area contributed by atoms with Crippen LogP contribution in [0.5, 0.6) is 0 Å². The molecule has 136 valence electrons. The lowest BCUT2D eigenvalue weighted by Crippen LogP contribution is -2.55. The van der Waals surface area contributed by atoms with E-state index in [-0.39, 0.29) is 25.0 Å². The highest BCUT2D eigenvalue weighted by atomic mass is 16.5. The molecule has 1 N–H and O–H groups in total. The lowest BCUT2D eigenvalue weighted by molar-refractivity contribution is -0.155. The van der Waals surface area contributed by atoms with Gasteiger partial charge in [0.2, 0.25) is 11.8 Å². The average molecular weight is 352 g/mol. The summed E-state index contributed by atoms with van der Waals surface area (Å²) in [5, 5.41) is 2.93. The molecule has 1 aliphatic heterocycles. The predicted octanol–water partition coefficient (Wildman–Crippen LogP) is 2.29. The Bertz CT molecular complexity index is 744. The highest BCUT2D eigenvalue weighted by molar-refractivity contribution is 5.89. The van der Waals surface area contributed by atoms with Crippen LogP contribution in [0.4, 0.5) is 0 Å². The fraction of sp³-hybridized carbons (Fsp3) is 0.333. The van der Waals surface area contributed by atoms with Gasteiger partial charge in [0.25, 0.3) is 0 Å². The van der Waals surface area contributed by atoms with Crippen LogP contribution in [0, 0.1) is 0 Å². The average Bonchev–Trinajstić information content (AvgIpc) is 2.69. The number of amides is 2. The van der Waals surface area contributed by atoms with Gasteiger partial charge >= 0.3 is 0 Å². The summed E-state index contributed by atoms with van der Waals surface area (Å²) in [4.78, 5) is 26.5. The minimum atomic E-state index is -0.605.